The Kier molecular flexibility index (Phi) is 5.71. The fraction of sp³-hybridized carbons (Fsp3) is 0.188. The fourth-order valence-corrected chi connectivity index (χ4v) is 2.12. The SMILES string of the molecule is CC(Oc1cccc([N+](=O)[O-])c1)C(=O)Nc1cc(C(F)(F)F)ccc1Cl. The van der Waals surface area contributed by atoms with E-state index in [1.54, 1.807) is 0 Å². The summed E-state index contributed by atoms with van der Waals surface area (Å²) in [4.78, 5) is 22.2. The van der Waals surface area contributed by atoms with Crippen LogP contribution in [-0.2, 0) is 11.0 Å². The van der Waals surface area contributed by atoms with Crippen LogP contribution in [0.1, 0.15) is 12.5 Å². The molecule has 138 valence electrons. The van der Waals surface area contributed by atoms with E-state index in [9.17, 15) is 28.1 Å². The molecule has 0 saturated carbocycles. The van der Waals surface area contributed by atoms with Crippen LogP contribution in [0.2, 0.25) is 5.02 Å². The Morgan fingerprint density at radius 2 is 1.96 bits per heavy atom. The number of ether oxygens (including phenoxy) is 1. The summed E-state index contributed by atoms with van der Waals surface area (Å²) in [5.41, 5.74) is -1.42. The molecule has 2 rings (SSSR count). The quantitative estimate of drug-likeness (QED) is 0.596. The number of nitro groups is 1. The van der Waals surface area contributed by atoms with Crippen LogP contribution in [-0.4, -0.2) is 16.9 Å². The van der Waals surface area contributed by atoms with Gasteiger partial charge in [-0.05, 0) is 31.2 Å². The average Bonchev–Trinajstić information content (AvgIpc) is 2.55. The van der Waals surface area contributed by atoms with Crippen LogP contribution in [0.15, 0.2) is 42.5 Å². The van der Waals surface area contributed by atoms with Crippen molar-refractivity contribution in [3.63, 3.8) is 0 Å². The van der Waals surface area contributed by atoms with Crippen LogP contribution in [0.5, 0.6) is 5.75 Å². The third-order valence-electron chi connectivity index (χ3n) is 3.26. The van der Waals surface area contributed by atoms with E-state index in [0.29, 0.717) is 6.07 Å². The van der Waals surface area contributed by atoms with Crippen molar-refractivity contribution in [2.24, 2.45) is 0 Å². The number of carbonyl (C=O) groups is 1. The van der Waals surface area contributed by atoms with Crippen LogP contribution in [0.25, 0.3) is 0 Å². The molecule has 1 amide bonds. The van der Waals surface area contributed by atoms with Gasteiger partial charge in [-0.2, -0.15) is 13.2 Å². The maximum Gasteiger partial charge on any atom is 0.416 e. The highest BCUT2D eigenvalue weighted by atomic mass is 35.5. The molecule has 1 atom stereocenters. The number of rotatable bonds is 5. The molecule has 2 aromatic rings. The van der Waals surface area contributed by atoms with Crippen molar-refractivity contribution in [3.8, 4) is 5.75 Å². The highest BCUT2D eigenvalue weighted by Crippen LogP contribution is 2.34. The number of alkyl halides is 3. The standard InChI is InChI=1S/C16H12ClF3N2O4/c1-9(26-12-4-2-3-11(8-12)22(24)25)15(23)21-14-7-10(16(18,19)20)5-6-13(14)17/h2-9H,1H3,(H,21,23). The van der Waals surface area contributed by atoms with Crippen molar-refractivity contribution < 1.29 is 27.6 Å². The Balaban J connectivity index is 2.12. The normalized spacial score (nSPS) is 12.3. The molecule has 0 spiro atoms. The number of non-ortho nitro benzene ring substituents is 1. The zero-order valence-electron chi connectivity index (χ0n) is 13.2. The van der Waals surface area contributed by atoms with Crippen molar-refractivity contribution in [1.82, 2.24) is 0 Å². The molecule has 2 aromatic carbocycles. The first-order valence-electron chi connectivity index (χ1n) is 7.16. The van der Waals surface area contributed by atoms with E-state index in [1.807, 2.05) is 0 Å². The second-order valence-corrected chi connectivity index (χ2v) is 5.60. The lowest BCUT2D eigenvalue weighted by atomic mass is 10.2. The van der Waals surface area contributed by atoms with Crippen LogP contribution in [0, 0.1) is 10.1 Å². The fourth-order valence-electron chi connectivity index (χ4n) is 1.96. The van der Waals surface area contributed by atoms with E-state index in [2.05, 4.69) is 5.32 Å². The Labute approximate surface area is 150 Å². The topological polar surface area (TPSA) is 81.5 Å². The molecule has 26 heavy (non-hydrogen) atoms. The molecule has 0 heterocycles. The molecule has 0 fully saturated rings. The van der Waals surface area contributed by atoms with Crippen LogP contribution in [0.4, 0.5) is 24.5 Å². The molecular weight excluding hydrogens is 377 g/mol. The lowest BCUT2D eigenvalue weighted by Crippen LogP contribution is -2.30. The van der Waals surface area contributed by atoms with E-state index in [1.165, 1.54) is 25.1 Å². The number of hydrogen-bond acceptors (Lipinski definition) is 4. The minimum absolute atomic E-state index is 0.0667. The number of anilines is 1. The summed E-state index contributed by atoms with van der Waals surface area (Å²) in [7, 11) is 0. The summed E-state index contributed by atoms with van der Waals surface area (Å²) >= 11 is 5.81. The largest absolute Gasteiger partial charge is 0.481 e. The van der Waals surface area contributed by atoms with E-state index in [-0.39, 0.29) is 22.1 Å². The number of nitro benzene ring substituents is 1. The van der Waals surface area contributed by atoms with Gasteiger partial charge >= 0.3 is 6.18 Å². The second kappa shape index (κ2) is 7.61. The number of benzene rings is 2. The summed E-state index contributed by atoms with van der Waals surface area (Å²) in [5.74, 6) is -0.699. The summed E-state index contributed by atoms with van der Waals surface area (Å²) in [6.07, 6.45) is -5.72. The first kappa shape index (κ1) is 19.5. The predicted molar refractivity (Wildman–Crippen MR) is 88.3 cm³/mol. The van der Waals surface area contributed by atoms with Gasteiger partial charge in [-0.25, -0.2) is 0 Å². The molecule has 1 N–H and O–H groups in total. The molecule has 0 aliphatic heterocycles. The van der Waals surface area contributed by atoms with Crippen molar-refractivity contribution in [2.45, 2.75) is 19.2 Å². The van der Waals surface area contributed by atoms with Crippen molar-refractivity contribution in [1.29, 1.82) is 0 Å². The molecule has 0 radical (unpaired) electrons. The first-order chi connectivity index (χ1) is 12.1. The smallest absolute Gasteiger partial charge is 0.416 e. The lowest BCUT2D eigenvalue weighted by Gasteiger charge is -2.16. The summed E-state index contributed by atoms with van der Waals surface area (Å²) in [5, 5.41) is 12.9. The molecule has 1 unspecified atom stereocenters. The number of hydrogen-bond donors (Lipinski definition) is 1. The third-order valence-corrected chi connectivity index (χ3v) is 3.59. The number of halogens is 4. The van der Waals surface area contributed by atoms with Crippen LogP contribution < -0.4 is 10.1 Å². The molecule has 0 bridgehead atoms. The predicted octanol–water partition coefficient (Wildman–Crippen LogP) is 4.67. The maximum absolute atomic E-state index is 12.8. The first-order valence-corrected chi connectivity index (χ1v) is 7.54. The number of amides is 1. The van der Waals surface area contributed by atoms with Crippen molar-refractivity contribution in [2.75, 3.05) is 5.32 Å². The molecule has 0 aliphatic carbocycles. The van der Waals surface area contributed by atoms with Crippen LogP contribution >= 0.6 is 11.6 Å². The van der Waals surface area contributed by atoms with Crippen molar-refractivity contribution in [3.05, 3.63) is 63.2 Å². The van der Waals surface area contributed by atoms with E-state index < -0.39 is 28.7 Å². The average molecular weight is 389 g/mol. The Bertz CT molecular complexity index is 842. The Morgan fingerprint density at radius 1 is 1.27 bits per heavy atom. The van der Waals surface area contributed by atoms with E-state index in [4.69, 9.17) is 16.3 Å². The minimum Gasteiger partial charge on any atom is -0.481 e. The van der Waals surface area contributed by atoms with Gasteiger partial charge in [0.05, 0.1) is 27.3 Å². The monoisotopic (exact) mass is 388 g/mol. The summed E-state index contributed by atoms with van der Waals surface area (Å²) < 4.78 is 43.5. The molecular formula is C16H12ClF3N2O4. The van der Waals surface area contributed by atoms with Crippen LogP contribution in [0.3, 0.4) is 0 Å². The number of carbonyl (C=O) groups excluding carboxylic acids is 1. The summed E-state index contributed by atoms with van der Waals surface area (Å²) in [6, 6.07) is 7.68. The Hall–Kier alpha value is -2.81. The van der Waals surface area contributed by atoms with E-state index >= 15 is 0 Å². The summed E-state index contributed by atoms with van der Waals surface area (Å²) in [6.45, 7) is 1.34. The molecule has 6 nitrogen and oxygen atoms in total. The van der Waals surface area contributed by atoms with Gasteiger partial charge in [0.2, 0.25) is 0 Å². The number of nitrogens with one attached hydrogen (secondary N) is 1. The maximum atomic E-state index is 12.8. The Morgan fingerprint density at radius 3 is 2.58 bits per heavy atom. The van der Waals surface area contributed by atoms with Crippen molar-refractivity contribution >= 4 is 28.9 Å². The molecule has 0 saturated heterocycles. The van der Waals surface area contributed by atoms with Gasteiger partial charge in [-0.1, -0.05) is 17.7 Å². The highest BCUT2D eigenvalue weighted by molar-refractivity contribution is 6.33. The van der Waals surface area contributed by atoms with Gasteiger partial charge in [-0.15, -0.1) is 0 Å². The number of nitrogens with zero attached hydrogens (tertiary/aromatic N) is 1. The zero-order chi connectivity index (χ0) is 19.5. The lowest BCUT2D eigenvalue weighted by molar-refractivity contribution is -0.384. The van der Waals surface area contributed by atoms with Gasteiger partial charge < -0.3 is 10.1 Å². The van der Waals surface area contributed by atoms with Gasteiger partial charge in [0.15, 0.2) is 6.10 Å². The van der Waals surface area contributed by atoms with Gasteiger partial charge in [0.25, 0.3) is 11.6 Å². The van der Waals surface area contributed by atoms with E-state index in [0.717, 1.165) is 18.2 Å². The molecule has 0 aliphatic rings. The van der Waals surface area contributed by atoms with Gasteiger partial charge in [-0.3, -0.25) is 14.9 Å². The van der Waals surface area contributed by atoms with Gasteiger partial charge in [0, 0.05) is 6.07 Å². The molecule has 10 heteroatoms. The van der Waals surface area contributed by atoms with Gasteiger partial charge in [0.1, 0.15) is 5.75 Å². The third kappa shape index (κ3) is 4.85. The molecule has 0 aromatic heterocycles. The second-order valence-electron chi connectivity index (χ2n) is 5.20. The zero-order valence-corrected chi connectivity index (χ0v) is 14.0. The minimum atomic E-state index is -4.59. The highest BCUT2D eigenvalue weighted by Gasteiger charge is 2.31.